The van der Waals surface area contributed by atoms with Crippen LogP contribution in [0.3, 0.4) is 0 Å². The van der Waals surface area contributed by atoms with Crippen molar-refractivity contribution in [2.24, 2.45) is 0 Å². The monoisotopic (exact) mass is 870 g/mol. The van der Waals surface area contributed by atoms with Crippen molar-refractivity contribution < 1.29 is 27.9 Å². The van der Waals surface area contributed by atoms with Crippen LogP contribution in [0.25, 0.3) is 20.2 Å². The Kier molecular flexibility index (Phi) is 12.2. The second-order valence-corrected chi connectivity index (χ2v) is 33.9. The highest BCUT2D eigenvalue weighted by atomic mass is 79.9. The van der Waals surface area contributed by atoms with E-state index in [1.165, 1.54) is 24.6 Å². The molecule has 5 heterocycles. The molecule has 0 aliphatic carbocycles. The van der Waals surface area contributed by atoms with Crippen molar-refractivity contribution in [3.63, 3.8) is 0 Å². The summed E-state index contributed by atoms with van der Waals surface area (Å²) in [6.45, 7) is 39.0. The van der Waals surface area contributed by atoms with E-state index < -0.39 is 30.2 Å². The molecular weight excluding hydrogens is 809 g/mol. The third-order valence-corrected chi connectivity index (χ3v) is 21.6. The minimum atomic E-state index is -1.26. The number of hydrogen-bond acceptors (Lipinski definition) is 8. The fourth-order valence-corrected chi connectivity index (χ4v) is 12.4. The van der Waals surface area contributed by atoms with Crippen LogP contribution in [0.4, 0.5) is 0 Å². The Bertz CT molecular complexity index is 1900. The van der Waals surface area contributed by atoms with Gasteiger partial charge in [-0.2, -0.15) is 0 Å². The number of benzene rings is 2. The lowest BCUT2D eigenvalue weighted by molar-refractivity contribution is 0.00578. The first-order valence-corrected chi connectivity index (χ1v) is 28.6. The van der Waals surface area contributed by atoms with E-state index in [0.717, 1.165) is 5.46 Å². The summed E-state index contributed by atoms with van der Waals surface area (Å²) in [7, 11) is -3.61. The third kappa shape index (κ3) is 9.25. The summed E-state index contributed by atoms with van der Waals surface area (Å²) in [5.41, 5.74) is -0.891. The highest BCUT2D eigenvalue weighted by Gasteiger charge is 2.63. The van der Waals surface area contributed by atoms with E-state index in [1.54, 1.807) is 9.00 Å². The second-order valence-electron chi connectivity index (χ2n) is 20.0. The van der Waals surface area contributed by atoms with E-state index >= 15 is 0 Å². The molecule has 3 fully saturated rings. The van der Waals surface area contributed by atoms with Gasteiger partial charge < -0.3 is 27.9 Å². The maximum absolute atomic E-state index is 6.16. The van der Waals surface area contributed by atoms with Crippen LogP contribution < -0.4 is 14.5 Å². The van der Waals surface area contributed by atoms with Gasteiger partial charge in [0.1, 0.15) is 0 Å². The number of thiophene rings is 2. The lowest BCUT2D eigenvalue weighted by atomic mass is 9.49. The van der Waals surface area contributed by atoms with Crippen LogP contribution in [-0.4, -0.2) is 70.9 Å². The predicted octanol–water partition coefficient (Wildman–Crippen LogP) is 10.2. The van der Waals surface area contributed by atoms with E-state index in [0.29, 0.717) is 0 Å². The molecule has 0 unspecified atom stereocenters. The number of halogens is 1. The van der Waals surface area contributed by atoms with Gasteiger partial charge in [-0.25, -0.2) is 0 Å². The summed E-state index contributed by atoms with van der Waals surface area (Å²) in [6, 6.07) is 17.8. The molecule has 0 bridgehead atoms. The second kappa shape index (κ2) is 14.8. The molecule has 294 valence electrons. The van der Waals surface area contributed by atoms with Gasteiger partial charge in [-0.1, -0.05) is 73.4 Å². The van der Waals surface area contributed by atoms with E-state index in [-0.39, 0.29) is 40.7 Å². The van der Waals surface area contributed by atoms with Gasteiger partial charge in [-0.3, -0.25) is 0 Å². The molecule has 3 aliphatic heterocycles. The zero-order valence-electron chi connectivity index (χ0n) is 36.0. The van der Waals surface area contributed by atoms with Gasteiger partial charge in [0, 0.05) is 13.9 Å². The van der Waals surface area contributed by atoms with E-state index in [2.05, 4.69) is 131 Å². The Balaban J connectivity index is 0.000000160. The molecule has 0 amide bonds. The molecule has 54 heavy (non-hydrogen) atoms. The predicted molar refractivity (Wildman–Crippen MR) is 245 cm³/mol. The average molecular weight is 872 g/mol. The van der Waals surface area contributed by atoms with E-state index in [4.69, 9.17) is 27.9 Å². The normalized spacial score (nSPS) is 22.3. The molecule has 3 saturated heterocycles. The van der Waals surface area contributed by atoms with E-state index in [9.17, 15) is 0 Å². The lowest BCUT2D eigenvalue weighted by Crippen LogP contribution is -2.41. The fourth-order valence-electron chi connectivity index (χ4n) is 5.92. The molecule has 2 aromatic carbocycles. The maximum atomic E-state index is 6.16. The number of rotatable bonds is 4. The van der Waals surface area contributed by atoms with Crippen molar-refractivity contribution in [2.45, 2.75) is 156 Å². The molecule has 7 rings (SSSR count). The van der Waals surface area contributed by atoms with Crippen LogP contribution in [0.2, 0.25) is 39.3 Å². The van der Waals surface area contributed by atoms with Crippen molar-refractivity contribution in [1.29, 1.82) is 0 Å². The first-order chi connectivity index (χ1) is 24.3. The van der Waals surface area contributed by atoms with Crippen LogP contribution >= 0.6 is 38.6 Å². The minimum Gasteiger partial charge on any atom is -0.405 e. The SMILES string of the molecule is CC1(C)OB(B2OC(C)(C)C(C)(C)O2)OC1(C)C.CC1(C)OB(c2ccc3cc([Si](C)(C)C)sc3c2)OC1(C)C.C[Si](C)(C)c1cc2ccc(Br)cc2s1. The highest BCUT2D eigenvalue weighted by Crippen LogP contribution is 2.43. The maximum Gasteiger partial charge on any atom is 0.494 e. The Hall–Kier alpha value is -0.771. The average Bonchev–Trinajstić information content (AvgIpc) is 3.76. The summed E-state index contributed by atoms with van der Waals surface area (Å²) in [4.78, 5) is 0. The van der Waals surface area contributed by atoms with Crippen molar-refractivity contribution in [3.8, 4) is 0 Å². The summed E-state index contributed by atoms with van der Waals surface area (Å²) in [6.07, 6.45) is 0. The molecular formula is C40H62B3BrO6S2Si2. The summed E-state index contributed by atoms with van der Waals surface area (Å²) < 4.78 is 43.2. The molecule has 14 heteroatoms. The first-order valence-electron chi connectivity index (χ1n) is 19.1. The molecule has 0 spiro atoms. The van der Waals surface area contributed by atoms with Gasteiger partial charge >= 0.3 is 21.1 Å². The highest BCUT2D eigenvalue weighted by molar-refractivity contribution is 9.10. The zero-order valence-corrected chi connectivity index (χ0v) is 41.2. The van der Waals surface area contributed by atoms with Crippen molar-refractivity contribution in [2.75, 3.05) is 0 Å². The standard InChI is InChI=1S/C17H25BO2SSi.C12H24B2O4.C11H13BrSSi/c1-16(2)17(3,4)20-18(19-16)13-9-8-12-10-15(22(5,6)7)21-14(12)11-13;1-9(2)10(3,4)16-13(15-9)14-17-11(5,6)12(7,8)18-14;1-14(2,3)11-6-8-4-5-9(12)7-10(8)13-11/h8-11H,1-7H3;1-8H3;4-7H,1-3H3. The smallest absolute Gasteiger partial charge is 0.405 e. The molecule has 2 aromatic heterocycles. The molecule has 0 N–H and O–H groups in total. The van der Waals surface area contributed by atoms with Crippen LogP contribution in [0.1, 0.15) is 83.1 Å². The van der Waals surface area contributed by atoms with Crippen molar-refractivity contribution in [1.82, 2.24) is 0 Å². The Morgan fingerprint density at radius 3 is 1.17 bits per heavy atom. The van der Waals surface area contributed by atoms with Gasteiger partial charge in [0.25, 0.3) is 0 Å². The quantitative estimate of drug-likeness (QED) is 0.191. The van der Waals surface area contributed by atoms with Gasteiger partial charge in [0.05, 0.1) is 49.8 Å². The molecule has 0 radical (unpaired) electrons. The zero-order chi connectivity index (χ0) is 40.7. The van der Waals surface area contributed by atoms with Gasteiger partial charge in [-0.05, 0) is 139 Å². The number of hydrogen-bond donors (Lipinski definition) is 0. The molecule has 4 aromatic rings. The fraction of sp³-hybridized carbons (Fsp3) is 0.600. The van der Waals surface area contributed by atoms with Crippen LogP contribution in [0, 0.1) is 0 Å². The van der Waals surface area contributed by atoms with Crippen LogP contribution in [0.15, 0.2) is 53.0 Å². The van der Waals surface area contributed by atoms with E-state index in [1.807, 2.05) is 78.1 Å². The largest absolute Gasteiger partial charge is 0.494 e. The summed E-state index contributed by atoms with van der Waals surface area (Å²) in [5.74, 6) is 0. The summed E-state index contributed by atoms with van der Waals surface area (Å²) in [5, 5.41) is 2.72. The molecule has 0 saturated carbocycles. The first kappa shape index (κ1) is 44.3. The van der Waals surface area contributed by atoms with Gasteiger partial charge in [-0.15, -0.1) is 22.7 Å². The summed E-state index contributed by atoms with van der Waals surface area (Å²) >= 11 is 7.39. The molecule has 6 nitrogen and oxygen atoms in total. The van der Waals surface area contributed by atoms with Gasteiger partial charge in [0.15, 0.2) is 0 Å². The number of fused-ring (bicyclic) bond motifs is 2. The Morgan fingerprint density at radius 2 is 0.796 bits per heavy atom. The topological polar surface area (TPSA) is 55.4 Å². The molecule has 0 atom stereocenters. The van der Waals surface area contributed by atoms with Crippen molar-refractivity contribution in [3.05, 3.63) is 53.0 Å². The van der Waals surface area contributed by atoms with Crippen LogP contribution in [-0.2, 0) is 27.9 Å². The third-order valence-electron chi connectivity index (χ3n) is 11.8. The van der Waals surface area contributed by atoms with Gasteiger partial charge in [0.2, 0.25) is 0 Å². The Morgan fingerprint density at radius 1 is 0.463 bits per heavy atom. The Labute approximate surface area is 345 Å². The molecule has 3 aliphatic rings. The van der Waals surface area contributed by atoms with Crippen LogP contribution in [0.5, 0.6) is 0 Å². The lowest BCUT2D eigenvalue weighted by Gasteiger charge is -2.32. The van der Waals surface area contributed by atoms with Crippen molar-refractivity contribution >= 4 is 111 Å². The minimum absolute atomic E-state index is 0.271.